The highest BCUT2D eigenvalue weighted by Gasteiger charge is 2.22. The van der Waals surface area contributed by atoms with Gasteiger partial charge in [-0.2, -0.15) is 5.26 Å². The predicted octanol–water partition coefficient (Wildman–Crippen LogP) is 4.27. The summed E-state index contributed by atoms with van der Waals surface area (Å²) in [5, 5.41) is 13.6. The van der Waals surface area contributed by atoms with E-state index < -0.39 is 0 Å². The number of nitriles is 1. The summed E-state index contributed by atoms with van der Waals surface area (Å²) < 4.78 is 2.81. The van der Waals surface area contributed by atoms with Gasteiger partial charge in [0.05, 0.1) is 11.3 Å². The number of nitrogens with two attached hydrogens (primary N) is 1. The van der Waals surface area contributed by atoms with Crippen LogP contribution in [0.1, 0.15) is 22.4 Å². The van der Waals surface area contributed by atoms with Gasteiger partial charge in [0.1, 0.15) is 6.07 Å². The highest BCUT2D eigenvalue weighted by atomic mass is 127. The van der Waals surface area contributed by atoms with Gasteiger partial charge in [0, 0.05) is 53.6 Å². The summed E-state index contributed by atoms with van der Waals surface area (Å²) in [5.41, 5.74) is 13.1. The molecule has 0 aliphatic carbocycles. The standard InChI is InChI=1S/C22H19IN6/c23-10-16-5-1-2-6-17(16)20-18(11-24)21(28-14-15-4-3-7-26-13-15)22-27-8-9-29(22)19(20)12-25/h1-9,13,28H,10,12,14,25H2. The van der Waals surface area contributed by atoms with E-state index in [-0.39, 0.29) is 0 Å². The number of rotatable bonds is 6. The second-order valence-electron chi connectivity index (χ2n) is 6.51. The highest BCUT2D eigenvalue weighted by Crippen LogP contribution is 2.37. The van der Waals surface area contributed by atoms with Crippen LogP contribution in [0.15, 0.2) is 61.2 Å². The van der Waals surface area contributed by atoms with Crippen LogP contribution in [-0.4, -0.2) is 14.4 Å². The molecular weight excluding hydrogens is 475 g/mol. The van der Waals surface area contributed by atoms with Crippen molar-refractivity contribution in [2.75, 3.05) is 5.32 Å². The number of anilines is 1. The van der Waals surface area contributed by atoms with Crippen LogP contribution in [-0.2, 0) is 17.5 Å². The Morgan fingerprint density at radius 1 is 1.17 bits per heavy atom. The van der Waals surface area contributed by atoms with E-state index in [1.807, 2.05) is 41.1 Å². The Hall–Kier alpha value is -2.96. The van der Waals surface area contributed by atoms with Crippen LogP contribution in [0, 0.1) is 11.3 Å². The van der Waals surface area contributed by atoms with Crippen LogP contribution in [0.4, 0.5) is 5.69 Å². The number of hydrogen-bond acceptors (Lipinski definition) is 5. The molecule has 0 aliphatic heterocycles. The van der Waals surface area contributed by atoms with Gasteiger partial charge in [-0.15, -0.1) is 0 Å². The summed E-state index contributed by atoms with van der Waals surface area (Å²) in [7, 11) is 0. The van der Waals surface area contributed by atoms with Gasteiger partial charge in [-0.25, -0.2) is 4.98 Å². The Balaban J connectivity index is 1.96. The number of nitrogens with zero attached hydrogens (tertiary/aromatic N) is 4. The van der Waals surface area contributed by atoms with Crippen molar-refractivity contribution in [1.82, 2.24) is 14.4 Å². The van der Waals surface area contributed by atoms with Gasteiger partial charge in [0.2, 0.25) is 0 Å². The molecular formula is C22H19IN6. The summed E-state index contributed by atoms with van der Waals surface area (Å²) >= 11 is 2.35. The molecule has 0 amide bonds. The SMILES string of the molecule is N#Cc1c(-c2ccccc2CI)c(CN)n2ccnc2c1NCc1cccnc1. The van der Waals surface area contributed by atoms with E-state index in [2.05, 4.69) is 56.1 Å². The quantitative estimate of drug-likeness (QED) is 0.309. The predicted molar refractivity (Wildman–Crippen MR) is 123 cm³/mol. The van der Waals surface area contributed by atoms with Gasteiger partial charge < -0.3 is 15.5 Å². The third-order valence-electron chi connectivity index (χ3n) is 4.87. The molecule has 3 N–H and O–H groups in total. The second kappa shape index (κ2) is 8.59. The third-order valence-corrected chi connectivity index (χ3v) is 5.69. The maximum absolute atomic E-state index is 10.2. The lowest BCUT2D eigenvalue weighted by atomic mass is 9.93. The third kappa shape index (κ3) is 3.57. The number of nitrogens with one attached hydrogen (secondary N) is 1. The first kappa shape index (κ1) is 19.4. The molecule has 0 aliphatic rings. The van der Waals surface area contributed by atoms with Crippen LogP contribution in [0.25, 0.3) is 16.8 Å². The molecule has 6 nitrogen and oxygen atoms in total. The minimum atomic E-state index is 0.301. The van der Waals surface area contributed by atoms with Crippen LogP contribution in [0.2, 0.25) is 0 Å². The fourth-order valence-electron chi connectivity index (χ4n) is 3.55. The maximum Gasteiger partial charge on any atom is 0.161 e. The van der Waals surface area contributed by atoms with Gasteiger partial charge in [0.15, 0.2) is 5.65 Å². The normalized spacial score (nSPS) is 10.8. The number of pyridine rings is 2. The van der Waals surface area contributed by atoms with Crippen molar-refractivity contribution in [3.63, 3.8) is 0 Å². The van der Waals surface area contributed by atoms with Gasteiger partial charge >= 0.3 is 0 Å². The van der Waals surface area contributed by atoms with Gasteiger partial charge in [-0.1, -0.05) is 52.9 Å². The molecule has 0 atom stereocenters. The molecule has 7 heteroatoms. The van der Waals surface area contributed by atoms with Gasteiger partial charge in [-0.05, 0) is 22.8 Å². The molecule has 4 rings (SSSR count). The molecule has 0 saturated heterocycles. The molecule has 4 aromatic rings. The lowest BCUT2D eigenvalue weighted by Crippen LogP contribution is -2.12. The first-order chi connectivity index (χ1) is 14.3. The summed E-state index contributed by atoms with van der Waals surface area (Å²) in [6.07, 6.45) is 7.18. The van der Waals surface area contributed by atoms with E-state index in [1.54, 1.807) is 12.4 Å². The molecule has 0 radical (unpaired) electrons. The van der Waals surface area contributed by atoms with Crippen LogP contribution in [0.3, 0.4) is 0 Å². The number of benzene rings is 1. The van der Waals surface area contributed by atoms with Gasteiger partial charge in [0.25, 0.3) is 0 Å². The van der Waals surface area contributed by atoms with Crippen LogP contribution < -0.4 is 11.1 Å². The molecule has 3 aromatic heterocycles. The van der Waals surface area contributed by atoms with E-state index in [0.29, 0.717) is 30.0 Å². The zero-order chi connectivity index (χ0) is 20.2. The first-order valence-electron chi connectivity index (χ1n) is 9.17. The van der Waals surface area contributed by atoms with E-state index >= 15 is 0 Å². The Labute approximate surface area is 182 Å². The van der Waals surface area contributed by atoms with Crippen molar-refractivity contribution in [2.45, 2.75) is 17.5 Å². The topological polar surface area (TPSA) is 92.0 Å². The van der Waals surface area contributed by atoms with Crippen molar-refractivity contribution >= 4 is 33.9 Å². The zero-order valence-corrected chi connectivity index (χ0v) is 17.8. The number of hydrogen-bond donors (Lipinski definition) is 2. The Morgan fingerprint density at radius 3 is 2.76 bits per heavy atom. The minimum Gasteiger partial charge on any atom is -0.377 e. The number of alkyl halides is 1. The van der Waals surface area contributed by atoms with Crippen molar-refractivity contribution < 1.29 is 0 Å². The number of fused-ring (bicyclic) bond motifs is 1. The zero-order valence-electron chi connectivity index (χ0n) is 15.6. The number of imidazole rings is 1. The van der Waals surface area contributed by atoms with Gasteiger partial charge in [-0.3, -0.25) is 4.98 Å². The monoisotopic (exact) mass is 494 g/mol. The average Bonchev–Trinajstić information content (AvgIpc) is 3.26. The molecule has 0 fully saturated rings. The van der Waals surface area contributed by atoms with E-state index in [9.17, 15) is 5.26 Å². The van der Waals surface area contributed by atoms with Crippen molar-refractivity contribution in [2.24, 2.45) is 5.73 Å². The molecule has 1 aromatic carbocycles. The summed E-state index contributed by atoms with van der Waals surface area (Å²) in [4.78, 5) is 8.67. The first-order valence-corrected chi connectivity index (χ1v) is 10.7. The second-order valence-corrected chi connectivity index (χ2v) is 7.28. The average molecular weight is 494 g/mol. The van der Waals surface area contributed by atoms with Crippen LogP contribution in [0.5, 0.6) is 0 Å². The summed E-state index contributed by atoms with van der Waals surface area (Å²) in [5.74, 6) is 0. The van der Waals surface area contributed by atoms with Crippen molar-refractivity contribution in [1.29, 1.82) is 5.26 Å². The van der Waals surface area contributed by atoms with E-state index in [4.69, 9.17) is 5.73 Å². The van der Waals surface area contributed by atoms with E-state index in [0.717, 1.165) is 32.4 Å². The summed E-state index contributed by atoms with van der Waals surface area (Å²) in [6.45, 7) is 0.843. The minimum absolute atomic E-state index is 0.301. The lowest BCUT2D eigenvalue weighted by Gasteiger charge is -2.20. The number of aromatic nitrogens is 3. The number of halogens is 1. The Kier molecular flexibility index (Phi) is 5.74. The fourth-order valence-corrected chi connectivity index (χ4v) is 4.22. The maximum atomic E-state index is 10.2. The Morgan fingerprint density at radius 2 is 2.03 bits per heavy atom. The largest absolute Gasteiger partial charge is 0.377 e. The fraction of sp³-hybridized carbons (Fsp3) is 0.136. The molecule has 0 saturated carbocycles. The summed E-state index contributed by atoms with van der Waals surface area (Å²) in [6, 6.07) is 14.5. The molecule has 0 bridgehead atoms. The molecule has 0 spiro atoms. The Bertz CT molecular complexity index is 1190. The van der Waals surface area contributed by atoms with E-state index in [1.165, 1.54) is 0 Å². The van der Waals surface area contributed by atoms with Crippen molar-refractivity contribution in [3.05, 3.63) is 83.6 Å². The molecule has 29 heavy (non-hydrogen) atoms. The van der Waals surface area contributed by atoms with Crippen molar-refractivity contribution in [3.8, 4) is 17.2 Å². The molecule has 0 unspecified atom stereocenters. The molecule has 144 valence electrons. The molecule has 3 heterocycles. The highest BCUT2D eigenvalue weighted by molar-refractivity contribution is 14.1. The lowest BCUT2D eigenvalue weighted by molar-refractivity contribution is 0.945. The smallest absolute Gasteiger partial charge is 0.161 e. The van der Waals surface area contributed by atoms with Crippen LogP contribution >= 0.6 is 22.6 Å².